The number of nitrogens with zero attached hydrogens (tertiary/aromatic N) is 4. The molecule has 238 valence electrons. The summed E-state index contributed by atoms with van der Waals surface area (Å²) in [4.78, 5) is 28.8. The van der Waals surface area contributed by atoms with Gasteiger partial charge in [0.25, 0.3) is 0 Å². The third-order valence-corrected chi connectivity index (χ3v) is 8.77. The molecule has 12 heteroatoms. The lowest BCUT2D eigenvalue weighted by Gasteiger charge is -2.36. The van der Waals surface area contributed by atoms with Gasteiger partial charge in [-0.2, -0.15) is 13.2 Å². The van der Waals surface area contributed by atoms with Crippen LogP contribution in [0.1, 0.15) is 47.3 Å². The largest absolute Gasteiger partial charge is 0.473 e. The van der Waals surface area contributed by atoms with Crippen molar-refractivity contribution in [3.8, 4) is 17.4 Å². The van der Waals surface area contributed by atoms with Crippen LogP contribution < -0.4 is 9.47 Å². The molecule has 0 unspecified atom stereocenters. The van der Waals surface area contributed by atoms with E-state index in [9.17, 15) is 23.1 Å². The molecule has 1 saturated heterocycles. The molecule has 9 nitrogen and oxygen atoms in total. The highest BCUT2D eigenvalue weighted by Crippen LogP contribution is 2.38. The summed E-state index contributed by atoms with van der Waals surface area (Å²) >= 11 is 0. The van der Waals surface area contributed by atoms with Crippen LogP contribution in [0.3, 0.4) is 0 Å². The Morgan fingerprint density at radius 1 is 1.16 bits per heavy atom. The summed E-state index contributed by atoms with van der Waals surface area (Å²) in [5.74, 6) is 0.122. The summed E-state index contributed by atoms with van der Waals surface area (Å²) in [7, 11) is 1.89. The van der Waals surface area contributed by atoms with Gasteiger partial charge in [0, 0.05) is 43.6 Å². The Hall–Kier alpha value is -4.16. The van der Waals surface area contributed by atoms with Crippen LogP contribution in [0.4, 0.5) is 13.2 Å². The number of aryl methyl sites for hydroxylation is 1. The number of piperidine rings is 1. The number of aromatic nitrogens is 3. The van der Waals surface area contributed by atoms with E-state index in [1.54, 1.807) is 17.2 Å². The van der Waals surface area contributed by atoms with E-state index in [0.29, 0.717) is 44.0 Å². The van der Waals surface area contributed by atoms with E-state index >= 15 is 0 Å². The SMILES string of the molecule is Cc1cc2c(Oc3ccc4c(c3)[C@H](C)N(C(=O)Cc3cnc(O[C@@H]5CCN(C)C[C@H]5CO)c(C(F)(F)F)c3)CC4)ccnc2[nH]1. The van der Waals surface area contributed by atoms with Gasteiger partial charge in [0.2, 0.25) is 11.8 Å². The zero-order valence-electron chi connectivity index (χ0n) is 25.4. The van der Waals surface area contributed by atoms with Crippen LogP contribution in [0.25, 0.3) is 11.0 Å². The molecular weight excluding hydrogens is 587 g/mol. The molecule has 0 spiro atoms. The van der Waals surface area contributed by atoms with Crippen molar-refractivity contribution in [1.29, 1.82) is 0 Å². The third kappa shape index (κ3) is 6.48. The highest BCUT2D eigenvalue weighted by atomic mass is 19.4. The average Bonchev–Trinajstić information content (AvgIpc) is 3.39. The lowest BCUT2D eigenvalue weighted by atomic mass is 9.92. The average molecular weight is 624 g/mol. The number of aliphatic hydroxyl groups is 1. The molecule has 2 aliphatic heterocycles. The first-order chi connectivity index (χ1) is 21.5. The number of rotatable bonds is 7. The number of carbonyl (C=O) groups is 1. The van der Waals surface area contributed by atoms with E-state index in [0.717, 1.165) is 33.9 Å². The van der Waals surface area contributed by atoms with Crippen LogP contribution in [-0.4, -0.2) is 75.2 Å². The number of likely N-dealkylation sites (tertiary alicyclic amines) is 1. The fraction of sp³-hybridized carbons (Fsp3) is 0.424. The standard InChI is InChI=1S/C33H36F3N5O4/c1-19-12-26-29(6-9-37-31(26)39-19)44-24-5-4-22-7-11-41(20(2)25(22)15-24)30(43)14-21-13-27(33(34,35)36)32(38-16-21)45-28-8-10-40(3)17-23(28)18-42/h4-6,9,12-13,15-16,20,23,28,42H,7-8,10-11,14,17-18H2,1-3H3,(H,37,39)/t20-,23-,28+/m0/s1. The Morgan fingerprint density at radius 2 is 1.98 bits per heavy atom. The van der Waals surface area contributed by atoms with Crippen molar-refractivity contribution < 1.29 is 32.5 Å². The minimum Gasteiger partial charge on any atom is -0.473 e. The van der Waals surface area contributed by atoms with Gasteiger partial charge in [-0.15, -0.1) is 0 Å². The number of amides is 1. The van der Waals surface area contributed by atoms with Gasteiger partial charge in [-0.05, 0) is 80.8 Å². The van der Waals surface area contributed by atoms with Gasteiger partial charge < -0.3 is 29.4 Å². The highest BCUT2D eigenvalue weighted by molar-refractivity contribution is 5.83. The highest BCUT2D eigenvalue weighted by Gasteiger charge is 2.38. The molecule has 0 radical (unpaired) electrons. The van der Waals surface area contributed by atoms with Gasteiger partial charge in [-0.3, -0.25) is 4.79 Å². The summed E-state index contributed by atoms with van der Waals surface area (Å²) in [6.07, 6.45) is -1.52. The van der Waals surface area contributed by atoms with Crippen molar-refractivity contribution in [2.24, 2.45) is 5.92 Å². The van der Waals surface area contributed by atoms with E-state index in [2.05, 4.69) is 15.0 Å². The summed E-state index contributed by atoms with van der Waals surface area (Å²) in [6.45, 7) is 5.26. The molecule has 0 aliphatic carbocycles. The number of hydrogen-bond donors (Lipinski definition) is 2. The number of halogens is 3. The number of aromatic amines is 1. The van der Waals surface area contributed by atoms with Crippen LogP contribution in [-0.2, 0) is 23.8 Å². The number of ether oxygens (including phenoxy) is 2. The van der Waals surface area contributed by atoms with Crippen LogP contribution in [0.2, 0.25) is 0 Å². The minimum absolute atomic E-state index is 0.153. The summed E-state index contributed by atoms with van der Waals surface area (Å²) in [6, 6.07) is 10.2. The van der Waals surface area contributed by atoms with Crippen molar-refractivity contribution in [2.45, 2.75) is 51.4 Å². The molecule has 5 heterocycles. The molecule has 3 aromatic heterocycles. The molecule has 1 amide bonds. The first kappa shape index (κ1) is 30.8. The fourth-order valence-corrected chi connectivity index (χ4v) is 6.38. The van der Waals surface area contributed by atoms with Gasteiger partial charge in [0.1, 0.15) is 28.8 Å². The van der Waals surface area contributed by atoms with Crippen molar-refractivity contribution in [3.63, 3.8) is 0 Å². The molecule has 2 N–H and O–H groups in total. The van der Waals surface area contributed by atoms with Crippen molar-refractivity contribution >= 4 is 16.9 Å². The second-order valence-corrected chi connectivity index (χ2v) is 12.0. The second kappa shape index (κ2) is 12.3. The number of H-pyrrole nitrogens is 1. The topological polar surface area (TPSA) is 104 Å². The van der Waals surface area contributed by atoms with Gasteiger partial charge in [0.15, 0.2) is 0 Å². The number of alkyl halides is 3. The number of carbonyl (C=O) groups excluding carboxylic acids is 1. The smallest absolute Gasteiger partial charge is 0.421 e. The molecule has 0 saturated carbocycles. The Bertz CT molecular complexity index is 1710. The van der Waals surface area contributed by atoms with E-state index in [4.69, 9.17) is 9.47 Å². The van der Waals surface area contributed by atoms with Gasteiger partial charge >= 0.3 is 6.18 Å². The third-order valence-electron chi connectivity index (χ3n) is 8.77. The molecule has 4 aromatic rings. The fourth-order valence-electron chi connectivity index (χ4n) is 6.38. The summed E-state index contributed by atoms with van der Waals surface area (Å²) in [5.41, 5.74) is 2.84. The predicted octanol–water partition coefficient (Wildman–Crippen LogP) is 5.46. The second-order valence-electron chi connectivity index (χ2n) is 12.0. The quantitative estimate of drug-likeness (QED) is 0.282. The number of nitrogens with one attached hydrogen (secondary N) is 1. The zero-order chi connectivity index (χ0) is 31.9. The van der Waals surface area contributed by atoms with Crippen LogP contribution in [0, 0.1) is 12.8 Å². The Morgan fingerprint density at radius 3 is 2.76 bits per heavy atom. The van der Waals surface area contributed by atoms with Crippen molar-refractivity contribution in [2.75, 3.05) is 33.3 Å². The Kier molecular flexibility index (Phi) is 8.45. The molecule has 3 atom stereocenters. The van der Waals surface area contributed by atoms with Crippen LogP contribution >= 0.6 is 0 Å². The first-order valence-corrected chi connectivity index (χ1v) is 15.1. The monoisotopic (exact) mass is 623 g/mol. The molecule has 1 aromatic carbocycles. The Balaban J connectivity index is 1.18. The number of hydrogen-bond acceptors (Lipinski definition) is 7. The summed E-state index contributed by atoms with van der Waals surface area (Å²) < 4.78 is 54.4. The maximum Gasteiger partial charge on any atom is 0.421 e. The number of aliphatic hydroxyl groups excluding tert-OH is 1. The van der Waals surface area contributed by atoms with E-state index in [-0.39, 0.29) is 36.5 Å². The molecule has 6 rings (SSSR count). The maximum absolute atomic E-state index is 14.1. The lowest BCUT2D eigenvalue weighted by molar-refractivity contribution is -0.140. The van der Waals surface area contributed by atoms with Crippen molar-refractivity contribution in [1.82, 2.24) is 24.8 Å². The summed E-state index contributed by atoms with van der Waals surface area (Å²) in [5, 5.41) is 10.6. The number of fused-ring (bicyclic) bond motifs is 2. The molecule has 0 bridgehead atoms. The van der Waals surface area contributed by atoms with E-state index in [1.807, 2.05) is 50.1 Å². The first-order valence-electron chi connectivity index (χ1n) is 15.1. The maximum atomic E-state index is 14.1. The van der Waals surface area contributed by atoms with E-state index < -0.39 is 23.7 Å². The van der Waals surface area contributed by atoms with Crippen molar-refractivity contribution in [3.05, 3.63) is 76.7 Å². The zero-order valence-corrected chi connectivity index (χ0v) is 25.4. The number of benzene rings is 1. The van der Waals surface area contributed by atoms with Crippen LogP contribution in [0.5, 0.6) is 17.4 Å². The number of pyridine rings is 2. The molecule has 2 aliphatic rings. The molecule has 45 heavy (non-hydrogen) atoms. The minimum atomic E-state index is -4.73. The van der Waals surface area contributed by atoms with Gasteiger partial charge in [-0.1, -0.05) is 6.07 Å². The van der Waals surface area contributed by atoms with E-state index in [1.165, 1.54) is 6.20 Å². The van der Waals surface area contributed by atoms with Crippen LogP contribution in [0.15, 0.2) is 48.8 Å². The Labute approximate surface area is 259 Å². The van der Waals surface area contributed by atoms with Gasteiger partial charge in [0.05, 0.1) is 24.5 Å². The normalized spacial score (nSPS) is 20.7. The predicted molar refractivity (Wildman–Crippen MR) is 161 cm³/mol. The molecule has 1 fully saturated rings. The van der Waals surface area contributed by atoms with Gasteiger partial charge in [-0.25, -0.2) is 9.97 Å². The molecular formula is C33H36F3N5O4. The lowest BCUT2D eigenvalue weighted by Crippen LogP contribution is -2.45.